The number of phosphoric ester groups is 1. The van der Waals surface area contributed by atoms with Crippen LogP contribution in [0.25, 0.3) is 0 Å². The maximum atomic E-state index is 12.4. The van der Waals surface area contributed by atoms with Crippen molar-refractivity contribution in [2.24, 2.45) is 0 Å². The van der Waals surface area contributed by atoms with Gasteiger partial charge in [0.2, 0.25) is 0 Å². The van der Waals surface area contributed by atoms with Crippen molar-refractivity contribution in [1.82, 2.24) is 0 Å². The molecule has 0 saturated carbocycles. The van der Waals surface area contributed by atoms with Crippen molar-refractivity contribution in [3.05, 3.63) is 12.2 Å². The first kappa shape index (κ1) is 59.7. The standard InChI is InChI=1S/C50H97O10P/c1-3-5-7-9-11-13-15-17-19-20-21-22-23-24-25-26-28-30-32-34-36-38-40-42-50(54)60-48(44-52)46-58-61(55,56)57-45-47(43-51)59-49(53)41-39-37-35-33-31-29-27-18-16-14-12-10-8-6-4-2/h20-21,47-48,51-52H,3-19,22-46H2,1-2H3,(H,55,56)/b21-20-. The van der Waals surface area contributed by atoms with Gasteiger partial charge in [-0.2, -0.15) is 0 Å². The van der Waals surface area contributed by atoms with Crippen molar-refractivity contribution in [1.29, 1.82) is 0 Å². The summed E-state index contributed by atoms with van der Waals surface area (Å²) in [6, 6.07) is 0. The first-order chi connectivity index (χ1) is 29.8. The summed E-state index contributed by atoms with van der Waals surface area (Å²) in [7, 11) is -4.64. The molecule has 0 aromatic carbocycles. The topological polar surface area (TPSA) is 149 Å². The predicted octanol–water partition coefficient (Wildman–Crippen LogP) is 14.3. The highest BCUT2D eigenvalue weighted by Crippen LogP contribution is 2.43. The van der Waals surface area contributed by atoms with E-state index in [0.717, 1.165) is 38.5 Å². The van der Waals surface area contributed by atoms with Crippen LogP contribution in [0.4, 0.5) is 0 Å². The Morgan fingerprint density at radius 1 is 0.426 bits per heavy atom. The number of carbonyl (C=O) groups excluding carboxylic acids is 2. The van der Waals surface area contributed by atoms with E-state index in [0.29, 0.717) is 12.8 Å². The van der Waals surface area contributed by atoms with E-state index in [-0.39, 0.29) is 12.8 Å². The van der Waals surface area contributed by atoms with Gasteiger partial charge in [-0.15, -0.1) is 0 Å². The Hall–Kier alpha value is -1.29. The molecule has 61 heavy (non-hydrogen) atoms. The summed E-state index contributed by atoms with van der Waals surface area (Å²) in [5, 5.41) is 19.2. The van der Waals surface area contributed by atoms with Crippen LogP contribution in [0.15, 0.2) is 12.2 Å². The summed E-state index contributed by atoms with van der Waals surface area (Å²) < 4.78 is 32.7. The highest BCUT2D eigenvalue weighted by atomic mass is 31.2. The molecule has 362 valence electrons. The van der Waals surface area contributed by atoms with Crippen molar-refractivity contribution in [3.63, 3.8) is 0 Å². The average Bonchev–Trinajstić information content (AvgIpc) is 3.25. The number of allylic oxidation sites excluding steroid dienone is 2. The molecule has 3 unspecified atom stereocenters. The number of esters is 2. The van der Waals surface area contributed by atoms with Crippen LogP contribution in [0.5, 0.6) is 0 Å². The van der Waals surface area contributed by atoms with E-state index >= 15 is 0 Å². The summed E-state index contributed by atoms with van der Waals surface area (Å²) in [4.78, 5) is 34.6. The summed E-state index contributed by atoms with van der Waals surface area (Å²) >= 11 is 0. The number of hydrogen-bond donors (Lipinski definition) is 3. The summed E-state index contributed by atoms with van der Waals surface area (Å²) in [5.74, 6) is -1.01. The van der Waals surface area contributed by atoms with Crippen LogP contribution >= 0.6 is 7.82 Å². The van der Waals surface area contributed by atoms with Gasteiger partial charge in [0.25, 0.3) is 0 Å². The molecule has 0 spiro atoms. The Labute approximate surface area is 375 Å². The number of unbranched alkanes of at least 4 members (excludes halogenated alkanes) is 33. The van der Waals surface area contributed by atoms with Gasteiger partial charge >= 0.3 is 19.8 Å². The highest BCUT2D eigenvalue weighted by molar-refractivity contribution is 7.47. The molecule has 0 radical (unpaired) electrons. The van der Waals surface area contributed by atoms with E-state index in [2.05, 4.69) is 26.0 Å². The monoisotopic (exact) mass is 889 g/mol. The average molecular weight is 889 g/mol. The SMILES string of the molecule is CCCCCCCCCC/C=C\CCCCCCCCCCCCCC(=O)OC(CO)COP(=O)(O)OCC(CO)OC(=O)CCCCCCCCCCCCCCCCC. The van der Waals surface area contributed by atoms with Crippen LogP contribution in [-0.4, -0.2) is 65.7 Å². The van der Waals surface area contributed by atoms with Gasteiger partial charge in [-0.05, 0) is 38.5 Å². The second-order valence-corrected chi connectivity index (χ2v) is 19.0. The maximum absolute atomic E-state index is 12.4. The van der Waals surface area contributed by atoms with E-state index in [9.17, 15) is 29.3 Å². The van der Waals surface area contributed by atoms with E-state index in [1.54, 1.807) is 0 Å². The zero-order valence-corrected chi connectivity index (χ0v) is 40.5. The number of hydrogen-bond acceptors (Lipinski definition) is 9. The molecule has 3 atom stereocenters. The van der Waals surface area contributed by atoms with Crippen molar-refractivity contribution < 1.29 is 47.8 Å². The Morgan fingerprint density at radius 3 is 0.934 bits per heavy atom. The fourth-order valence-electron chi connectivity index (χ4n) is 7.52. The molecule has 0 amide bonds. The normalized spacial score (nSPS) is 13.7. The van der Waals surface area contributed by atoms with Crippen LogP contribution in [0.3, 0.4) is 0 Å². The third-order valence-corrected chi connectivity index (χ3v) is 12.4. The van der Waals surface area contributed by atoms with Gasteiger partial charge in [0.1, 0.15) is 12.2 Å². The Bertz CT molecular complexity index is 1020. The Morgan fingerprint density at radius 2 is 0.672 bits per heavy atom. The molecular weight excluding hydrogens is 792 g/mol. The number of ether oxygens (including phenoxy) is 2. The van der Waals surface area contributed by atoms with Crippen molar-refractivity contribution >= 4 is 19.8 Å². The number of aliphatic hydroxyl groups is 2. The van der Waals surface area contributed by atoms with Gasteiger partial charge in [-0.1, -0.05) is 219 Å². The van der Waals surface area contributed by atoms with Crippen LogP contribution in [0.1, 0.15) is 258 Å². The molecule has 0 rings (SSSR count). The summed E-state index contributed by atoms with van der Waals surface area (Å²) in [6.45, 7) is 2.26. The first-order valence-electron chi connectivity index (χ1n) is 25.6. The third-order valence-electron chi connectivity index (χ3n) is 11.5. The molecular formula is C50H97O10P. The highest BCUT2D eigenvalue weighted by Gasteiger charge is 2.27. The zero-order valence-electron chi connectivity index (χ0n) is 39.7. The summed E-state index contributed by atoms with van der Waals surface area (Å²) in [5.41, 5.74) is 0. The fraction of sp³-hybridized carbons (Fsp3) is 0.920. The van der Waals surface area contributed by atoms with E-state index in [1.165, 1.54) is 180 Å². The molecule has 0 aliphatic heterocycles. The maximum Gasteiger partial charge on any atom is 0.472 e. The Kier molecular flexibility index (Phi) is 45.7. The van der Waals surface area contributed by atoms with Crippen LogP contribution < -0.4 is 0 Å². The molecule has 0 saturated heterocycles. The minimum Gasteiger partial charge on any atom is -0.457 e. The molecule has 0 fully saturated rings. The molecule has 0 aliphatic rings. The molecule has 11 heteroatoms. The van der Waals surface area contributed by atoms with Crippen molar-refractivity contribution in [3.8, 4) is 0 Å². The summed E-state index contributed by atoms with van der Waals surface area (Å²) in [6.07, 6.45) is 47.6. The van der Waals surface area contributed by atoms with Gasteiger partial charge in [0, 0.05) is 12.8 Å². The molecule has 0 aromatic rings. The second-order valence-electron chi connectivity index (χ2n) is 17.5. The molecule has 3 N–H and O–H groups in total. The molecule has 0 bridgehead atoms. The smallest absolute Gasteiger partial charge is 0.457 e. The van der Waals surface area contributed by atoms with Gasteiger partial charge < -0.3 is 24.6 Å². The lowest BCUT2D eigenvalue weighted by Gasteiger charge is -2.20. The first-order valence-corrected chi connectivity index (χ1v) is 27.1. The molecule has 0 aliphatic carbocycles. The van der Waals surface area contributed by atoms with Crippen LogP contribution in [0.2, 0.25) is 0 Å². The quantitative estimate of drug-likeness (QED) is 0.0233. The number of carbonyl (C=O) groups is 2. The molecule has 10 nitrogen and oxygen atoms in total. The fourth-order valence-corrected chi connectivity index (χ4v) is 8.31. The lowest BCUT2D eigenvalue weighted by atomic mass is 10.0. The van der Waals surface area contributed by atoms with Gasteiger partial charge in [-0.3, -0.25) is 18.6 Å². The largest absolute Gasteiger partial charge is 0.472 e. The number of aliphatic hydroxyl groups excluding tert-OH is 2. The van der Waals surface area contributed by atoms with Gasteiger partial charge in [0.05, 0.1) is 26.4 Å². The molecule has 0 aromatic heterocycles. The zero-order chi connectivity index (χ0) is 44.8. The Balaban J connectivity index is 3.79. The number of rotatable bonds is 49. The molecule has 0 heterocycles. The van der Waals surface area contributed by atoms with Crippen LogP contribution in [-0.2, 0) is 32.7 Å². The predicted molar refractivity (Wildman–Crippen MR) is 252 cm³/mol. The minimum atomic E-state index is -4.64. The lowest BCUT2D eigenvalue weighted by Crippen LogP contribution is -2.28. The van der Waals surface area contributed by atoms with E-state index < -0.39 is 58.4 Å². The van der Waals surface area contributed by atoms with E-state index in [1.807, 2.05) is 0 Å². The van der Waals surface area contributed by atoms with Gasteiger partial charge in [-0.25, -0.2) is 4.57 Å². The van der Waals surface area contributed by atoms with Crippen molar-refractivity contribution in [2.75, 3.05) is 26.4 Å². The number of phosphoric acid groups is 1. The third kappa shape index (κ3) is 45.1. The van der Waals surface area contributed by atoms with Gasteiger partial charge in [0.15, 0.2) is 0 Å². The lowest BCUT2D eigenvalue weighted by molar-refractivity contribution is -0.153. The van der Waals surface area contributed by atoms with Crippen molar-refractivity contribution in [2.45, 2.75) is 270 Å². The van der Waals surface area contributed by atoms with Crippen LogP contribution in [0, 0.1) is 0 Å². The second kappa shape index (κ2) is 46.7. The minimum absolute atomic E-state index is 0.196. The van der Waals surface area contributed by atoms with E-state index in [4.69, 9.17) is 18.5 Å².